The number of phosphoric ester groups is 2. The Bertz CT molecular complexity index is 1840. The van der Waals surface area contributed by atoms with E-state index in [2.05, 4.69) is 55.4 Å². The summed E-state index contributed by atoms with van der Waals surface area (Å²) in [5, 5.41) is 10.6. The van der Waals surface area contributed by atoms with Gasteiger partial charge in [-0.05, 0) is 49.4 Å². The predicted octanol–water partition coefficient (Wildman–Crippen LogP) is 21.3. The van der Waals surface area contributed by atoms with Crippen LogP contribution in [-0.2, 0) is 65.4 Å². The first-order valence-electron chi connectivity index (χ1n) is 38.2. The van der Waals surface area contributed by atoms with Crippen molar-refractivity contribution in [3.63, 3.8) is 0 Å². The maximum Gasteiger partial charge on any atom is 0.472 e. The van der Waals surface area contributed by atoms with Crippen LogP contribution in [0.5, 0.6) is 0 Å². The fourth-order valence-corrected chi connectivity index (χ4v) is 12.7. The minimum Gasteiger partial charge on any atom is -0.462 e. The summed E-state index contributed by atoms with van der Waals surface area (Å²) in [6.45, 7) is 14.1. The van der Waals surface area contributed by atoms with Crippen LogP contribution in [0.1, 0.15) is 370 Å². The van der Waals surface area contributed by atoms with Gasteiger partial charge in [0.2, 0.25) is 0 Å². The summed E-state index contributed by atoms with van der Waals surface area (Å²) in [5.41, 5.74) is 0. The van der Waals surface area contributed by atoms with Crippen LogP contribution < -0.4 is 0 Å². The normalized spacial score (nSPS) is 14.5. The number of carbonyl (C=O) groups excluding carboxylic acids is 4. The lowest BCUT2D eigenvalue weighted by atomic mass is 10.00. The molecule has 3 N–H and O–H groups in total. The number of hydrogen-bond acceptors (Lipinski definition) is 15. The van der Waals surface area contributed by atoms with E-state index in [1.165, 1.54) is 167 Å². The van der Waals surface area contributed by atoms with Gasteiger partial charge in [-0.3, -0.25) is 37.3 Å². The van der Waals surface area contributed by atoms with Gasteiger partial charge in [-0.2, -0.15) is 0 Å². The number of phosphoric acid groups is 2. The van der Waals surface area contributed by atoms with Crippen molar-refractivity contribution < 1.29 is 80.2 Å². The Morgan fingerprint density at radius 1 is 0.301 bits per heavy atom. The molecule has 0 spiro atoms. The van der Waals surface area contributed by atoms with E-state index in [-0.39, 0.29) is 25.7 Å². The van der Waals surface area contributed by atoms with Gasteiger partial charge in [-0.25, -0.2) is 9.13 Å². The second-order valence-electron chi connectivity index (χ2n) is 28.4. The Kier molecular flexibility index (Phi) is 62.2. The minimum atomic E-state index is -4.96. The third-order valence-electron chi connectivity index (χ3n) is 17.4. The lowest BCUT2D eigenvalue weighted by Gasteiger charge is -2.21. The Labute approximate surface area is 568 Å². The maximum atomic E-state index is 13.1. The molecule has 17 nitrogen and oxygen atoms in total. The number of rotatable bonds is 71. The van der Waals surface area contributed by atoms with Crippen molar-refractivity contribution in [2.45, 2.75) is 388 Å². The van der Waals surface area contributed by atoms with Crippen molar-refractivity contribution in [3.8, 4) is 0 Å². The average Bonchev–Trinajstić information content (AvgIpc) is 3.01. The van der Waals surface area contributed by atoms with Gasteiger partial charge in [0.25, 0.3) is 0 Å². The fourth-order valence-electron chi connectivity index (χ4n) is 11.2. The fraction of sp³-hybridized carbons (Fsp3) is 0.946. The third kappa shape index (κ3) is 67.0. The second-order valence-corrected chi connectivity index (χ2v) is 31.3. The summed E-state index contributed by atoms with van der Waals surface area (Å²) in [5.74, 6) is 0.900. The topological polar surface area (TPSA) is 237 Å². The summed E-state index contributed by atoms with van der Waals surface area (Å²) < 4.78 is 68.4. The smallest absolute Gasteiger partial charge is 0.462 e. The number of esters is 4. The maximum absolute atomic E-state index is 13.1. The lowest BCUT2D eigenvalue weighted by Crippen LogP contribution is -2.30. The van der Waals surface area contributed by atoms with Gasteiger partial charge in [0.05, 0.1) is 26.4 Å². The van der Waals surface area contributed by atoms with Crippen molar-refractivity contribution in [1.82, 2.24) is 0 Å². The first kappa shape index (κ1) is 91.1. The molecule has 0 aromatic rings. The Morgan fingerprint density at radius 2 is 0.516 bits per heavy atom. The molecule has 0 aromatic heterocycles. The van der Waals surface area contributed by atoms with Gasteiger partial charge in [-0.1, -0.05) is 319 Å². The average molecular weight is 1370 g/mol. The van der Waals surface area contributed by atoms with E-state index in [4.69, 9.17) is 37.0 Å². The van der Waals surface area contributed by atoms with Crippen molar-refractivity contribution in [1.29, 1.82) is 0 Å². The van der Waals surface area contributed by atoms with Gasteiger partial charge in [0.1, 0.15) is 19.3 Å². The van der Waals surface area contributed by atoms with Crippen molar-refractivity contribution >= 4 is 39.5 Å². The molecule has 0 saturated carbocycles. The van der Waals surface area contributed by atoms with E-state index in [0.717, 1.165) is 120 Å². The van der Waals surface area contributed by atoms with Crippen LogP contribution in [0.3, 0.4) is 0 Å². The molecule has 0 aliphatic rings. The number of aliphatic hydroxyl groups excluding tert-OH is 1. The summed E-state index contributed by atoms with van der Waals surface area (Å²) in [4.78, 5) is 72.7. The molecule has 0 amide bonds. The first-order chi connectivity index (χ1) is 44.6. The number of unbranched alkanes of at least 4 members (excludes halogenated alkanes) is 36. The zero-order valence-electron chi connectivity index (χ0n) is 60.9. The Morgan fingerprint density at radius 3 is 0.763 bits per heavy atom. The molecule has 19 heteroatoms. The number of carbonyl (C=O) groups is 4. The highest BCUT2D eigenvalue weighted by molar-refractivity contribution is 7.47. The van der Waals surface area contributed by atoms with E-state index < -0.39 is 97.5 Å². The molecular weight excluding hydrogens is 1220 g/mol. The van der Waals surface area contributed by atoms with Crippen LogP contribution in [-0.4, -0.2) is 96.7 Å². The van der Waals surface area contributed by atoms with E-state index >= 15 is 0 Å². The minimum absolute atomic E-state index is 0.104. The Hall–Kier alpha value is -1.94. The highest BCUT2D eigenvalue weighted by atomic mass is 31.2. The van der Waals surface area contributed by atoms with Gasteiger partial charge in [0.15, 0.2) is 12.2 Å². The van der Waals surface area contributed by atoms with Gasteiger partial charge < -0.3 is 33.8 Å². The molecule has 552 valence electrons. The lowest BCUT2D eigenvalue weighted by molar-refractivity contribution is -0.161. The van der Waals surface area contributed by atoms with E-state index in [0.29, 0.717) is 25.7 Å². The van der Waals surface area contributed by atoms with Gasteiger partial charge >= 0.3 is 39.5 Å². The molecule has 0 saturated heterocycles. The standard InChI is InChI=1S/C74H144O17P2/c1-9-67(8)53-45-37-32-33-39-47-55-72(77)85-61-70(91-74(79)57-49-41-31-25-19-22-28-36-44-52-66(6)7)63-89-93(82,83)87-59-68(75)58-86-92(80,81)88-62-69(90-73(78)56-48-40-30-24-18-17-21-27-35-43-51-65(4)5)60-84-71(76)54-46-38-29-23-16-14-12-10-11-13-15-20-26-34-42-50-64(2)3/h64-70,75H,9-63H2,1-8H3,(H,80,81)(H,82,83)/t67?,68-,69-,70-/m1/s1. The van der Waals surface area contributed by atoms with Gasteiger partial charge in [-0.15, -0.1) is 0 Å². The predicted molar refractivity (Wildman–Crippen MR) is 377 cm³/mol. The molecule has 0 bridgehead atoms. The van der Waals surface area contributed by atoms with Crippen LogP contribution in [0.2, 0.25) is 0 Å². The molecule has 0 radical (unpaired) electrons. The van der Waals surface area contributed by atoms with Crippen molar-refractivity contribution in [2.24, 2.45) is 23.7 Å². The molecule has 6 atom stereocenters. The first-order valence-corrected chi connectivity index (χ1v) is 41.2. The van der Waals surface area contributed by atoms with Crippen molar-refractivity contribution in [2.75, 3.05) is 39.6 Å². The highest BCUT2D eigenvalue weighted by Gasteiger charge is 2.30. The van der Waals surface area contributed by atoms with Crippen LogP contribution in [0.4, 0.5) is 0 Å². The Balaban J connectivity index is 5.23. The summed E-state index contributed by atoms with van der Waals surface area (Å²) in [6, 6.07) is 0. The van der Waals surface area contributed by atoms with Crippen LogP contribution in [0.25, 0.3) is 0 Å². The zero-order chi connectivity index (χ0) is 68.9. The quantitative estimate of drug-likeness (QED) is 0.0222. The monoisotopic (exact) mass is 1370 g/mol. The summed E-state index contributed by atoms with van der Waals surface area (Å²) in [6.07, 6.45) is 47.3. The SMILES string of the molecule is CCC(C)CCCCCCCCC(=O)OC[C@H](COP(=O)(O)OC[C@H](O)COP(=O)(O)OC[C@@H](COC(=O)CCCCCCCCCCCCCCCCCC(C)C)OC(=O)CCCCCCCCCCCCC(C)C)OC(=O)CCCCCCCCCCCC(C)C. The highest BCUT2D eigenvalue weighted by Crippen LogP contribution is 2.45. The van der Waals surface area contributed by atoms with Crippen LogP contribution in [0, 0.1) is 23.7 Å². The number of hydrogen-bond donors (Lipinski definition) is 3. The molecule has 0 fully saturated rings. The molecule has 0 aromatic carbocycles. The summed E-state index contributed by atoms with van der Waals surface area (Å²) >= 11 is 0. The molecule has 93 heavy (non-hydrogen) atoms. The van der Waals surface area contributed by atoms with Crippen molar-refractivity contribution in [3.05, 3.63) is 0 Å². The molecule has 0 aliphatic carbocycles. The van der Waals surface area contributed by atoms with E-state index in [1.807, 2.05) is 0 Å². The van der Waals surface area contributed by atoms with Gasteiger partial charge in [0, 0.05) is 25.7 Å². The molecule has 3 unspecified atom stereocenters. The summed E-state index contributed by atoms with van der Waals surface area (Å²) in [7, 11) is -9.91. The molecule has 0 heterocycles. The number of aliphatic hydroxyl groups is 1. The molecular formula is C74H144O17P2. The second kappa shape index (κ2) is 63.5. The zero-order valence-corrected chi connectivity index (χ0v) is 62.7. The molecule has 0 rings (SSSR count). The van der Waals surface area contributed by atoms with E-state index in [9.17, 15) is 43.2 Å². The van der Waals surface area contributed by atoms with Crippen LogP contribution >= 0.6 is 15.6 Å². The molecule has 0 aliphatic heterocycles. The van der Waals surface area contributed by atoms with E-state index in [1.54, 1.807) is 0 Å². The third-order valence-corrected chi connectivity index (χ3v) is 19.3. The van der Waals surface area contributed by atoms with Crippen LogP contribution in [0.15, 0.2) is 0 Å². The number of ether oxygens (including phenoxy) is 4. The largest absolute Gasteiger partial charge is 0.472 e.